The van der Waals surface area contributed by atoms with Crippen molar-refractivity contribution in [1.82, 2.24) is 0 Å². The van der Waals surface area contributed by atoms with Crippen LogP contribution in [0.1, 0.15) is 12.5 Å². The zero-order chi connectivity index (χ0) is 15.2. The van der Waals surface area contributed by atoms with Crippen molar-refractivity contribution in [3.63, 3.8) is 0 Å². The topological polar surface area (TPSA) is 92.7 Å². The third-order valence-corrected chi connectivity index (χ3v) is 4.10. The van der Waals surface area contributed by atoms with Gasteiger partial charge in [-0.05, 0) is 31.2 Å². The van der Waals surface area contributed by atoms with Gasteiger partial charge in [0.15, 0.2) is 5.25 Å². The van der Waals surface area contributed by atoms with Crippen LogP contribution in [-0.4, -0.2) is 38.5 Å². The zero-order valence-electron chi connectivity index (χ0n) is 11.1. The molecule has 0 heterocycles. The van der Waals surface area contributed by atoms with E-state index in [2.05, 4.69) is 21.3 Å². The monoisotopic (exact) mass is 297 g/mol. The number of hydrogen-bond acceptors (Lipinski definition) is 5. The first-order chi connectivity index (χ1) is 9.40. The van der Waals surface area contributed by atoms with Gasteiger partial charge < -0.3 is 9.84 Å². The van der Waals surface area contributed by atoms with Crippen molar-refractivity contribution < 1.29 is 23.1 Å². The Morgan fingerprint density at radius 2 is 2.00 bits per heavy atom. The van der Waals surface area contributed by atoms with Gasteiger partial charge in [0, 0.05) is 11.3 Å². The number of benzene rings is 1. The Balaban J connectivity index is 2.85. The Hall–Kier alpha value is -2.04. The molecule has 1 unspecified atom stereocenters. The van der Waals surface area contributed by atoms with E-state index in [1.54, 1.807) is 12.1 Å². The molecule has 0 saturated carbocycles. The van der Waals surface area contributed by atoms with Gasteiger partial charge in [-0.3, -0.25) is 9.52 Å². The Kier molecular flexibility index (Phi) is 5.55. The van der Waals surface area contributed by atoms with Crippen molar-refractivity contribution >= 4 is 21.7 Å². The van der Waals surface area contributed by atoms with Gasteiger partial charge >= 0.3 is 5.97 Å². The second kappa shape index (κ2) is 6.93. The fourth-order valence-corrected chi connectivity index (χ4v) is 2.30. The quantitative estimate of drug-likeness (QED) is 0.617. The summed E-state index contributed by atoms with van der Waals surface area (Å²) >= 11 is 0. The first-order valence-electron chi connectivity index (χ1n) is 5.70. The van der Waals surface area contributed by atoms with E-state index in [0.717, 1.165) is 7.11 Å². The summed E-state index contributed by atoms with van der Waals surface area (Å²) in [7, 11) is -2.73. The predicted octanol–water partition coefficient (Wildman–Crippen LogP) is 0.334. The number of carbonyl (C=O) groups is 1. The highest BCUT2D eigenvalue weighted by molar-refractivity contribution is 7.94. The normalized spacial score (nSPS) is 11.9. The molecular weight excluding hydrogens is 282 g/mol. The Bertz CT molecular complexity index is 625. The lowest BCUT2D eigenvalue weighted by Crippen LogP contribution is -2.33. The Labute approximate surface area is 117 Å². The van der Waals surface area contributed by atoms with E-state index < -0.39 is 21.2 Å². The SMILES string of the molecule is COC(=O)C(C)S(=O)(=O)Nc1ccc(C#CCO)cc1. The van der Waals surface area contributed by atoms with Crippen molar-refractivity contribution in [3.05, 3.63) is 29.8 Å². The molecule has 2 N–H and O–H groups in total. The minimum absolute atomic E-state index is 0.245. The van der Waals surface area contributed by atoms with Gasteiger partial charge in [0.25, 0.3) is 0 Å². The summed E-state index contributed by atoms with van der Waals surface area (Å²) in [6.07, 6.45) is 0. The summed E-state index contributed by atoms with van der Waals surface area (Å²) in [5.41, 5.74) is 0.957. The lowest BCUT2D eigenvalue weighted by Gasteiger charge is -2.12. The molecule has 0 spiro atoms. The fourth-order valence-electron chi connectivity index (χ4n) is 1.31. The number of rotatable bonds is 4. The van der Waals surface area contributed by atoms with Gasteiger partial charge in [-0.25, -0.2) is 8.42 Å². The lowest BCUT2D eigenvalue weighted by molar-refractivity contribution is -0.139. The molecule has 0 aliphatic heterocycles. The molecule has 1 aromatic carbocycles. The average molecular weight is 297 g/mol. The molecule has 0 aromatic heterocycles. The smallest absolute Gasteiger partial charge is 0.325 e. The van der Waals surface area contributed by atoms with E-state index in [1.807, 2.05) is 0 Å². The molecule has 1 rings (SSSR count). The lowest BCUT2D eigenvalue weighted by atomic mass is 10.2. The number of hydrogen-bond donors (Lipinski definition) is 2. The van der Waals surface area contributed by atoms with Gasteiger partial charge in [0.1, 0.15) is 6.61 Å². The number of esters is 1. The summed E-state index contributed by atoms with van der Waals surface area (Å²) in [5, 5.41) is 7.26. The molecule has 0 amide bonds. The highest BCUT2D eigenvalue weighted by Gasteiger charge is 2.28. The number of ether oxygens (including phenoxy) is 1. The first-order valence-corrected chi connectivity index (χ1v) is 7.24. The molecule has 1 atom stereocenters. The number of carbonyl (C=O) groups excluding carboxylic acids is 1. The Morgan fingerprint density at radius 1 is 1.40 bits per heavy atom. The standard InChI is InChI=1S/C13H15NO5S/c1-10(13(16)19-2)20(17,18)14-12-7-5-11(6-8-12)4-3-9-15/h5-8,10,14-15H,9H2,1-2H3. The highest BCUT2D eigenvalue weighted by Crippen LogP contribution is 2.13. The van der Waals surface area contributed by atoms with Crippen LogP contribution in [0.15, 0.2) is 24.3 Å². The van der Waals surface area contributed by atoms with Crippen LogP contribution >= 0.6 is 0 Å². The van der Waals surface area contributed by atoms with E-state index in [-0.39, 0.29) is 6.61 Å². The van der Waals surface area contributed by atoms with Gasteiger partial charge in [0.2, 0.25) is 10.0 Å². The van der Waals surface area contributed by atoms with Crippen LogP contribution in [0.5, 0.6) is 0 Å². The number of aliphatic hydroxyl groups excluding tert-OH is 1. The third-order valence-electron chi connectivity index (χ3n) is 2.46. The van der Waals surface area contributed by atoms with Crippen LogP contribution in [0.3, 0.4) is 0 Å². The van der Waals surface area contributed by atoms with Crippen molar-refractivity contribution in [1.29, 1.82) is 0 Å². The summed E-state index contributed by atoms with van der Waals surface area (Å²) in [4.78, 5) is 11.2. The average Bonchev–Trinajstić information content (AvgIpc) is 2.44. The predicted molar refractivity (Wildman–Crippen MR) is 74.4 cm³/mol. The van der Waals surface area contributed by atoms with Crippen LogP contribution in [0.2, 0.25) is 0 Å². The highest BCUT2D eigenvalue weighted by atomic mass is 32.2. The molecule has 20 heavy (non-hydrogen) atoms. The molecule has 0 saturated heterocycles. The molecule has 7 heteroatoms. The molecule has 1 aromatic rings. The molecule has 0 aliphatic carbocycles. The first kappa shape index (κ1) is 16.0. The molecule has 0 fully saturated rings. The van der Waals surface area contributed by atoms with E-state index in [0.29, 0.717) is 11.3 Å². The van der Waals surface area contributed by atoms with E-state index in [4.69, 9.17) is 5.11 Å². The molecule has 0 radical (unpaired) electrons. The van der Waals surface area contributed by atoms with E-state index >= 15 is 0 Å². The van der Waals surface area contributed by atoms with Crippen molar-refractivity contribution in [2.45, 2.75) is 12.2 Å². The zero-order valence-corrected chi connectivity index (χ0v) is 11.9. The minimum Gasteiger partial charge on any atom is -0.468 e. The van der Waals surface area contributed by atoms with Crippen LogP contribution in [0.4, 0.5) is 5.69 Å². The minimum atomic E-state index is -3.86. The summed E-state index contributed by atoms with van der Waals surface area (Å²) in [6.45, 7) is 1.00. The van der Waals surface area contributed by atoms with E-state index in [9.17, 15) is 13.2 Å². The molecular formula is C13H15NO5S. The van der Waals surface area contributed by atoms with Crippen LogP contribution < -0.4 is 4.72 Å². The summed E-state index contributed by atoms with van der Waals surface area (Å²) in [5.74, 6) is 4.33. The van der Waals surface area contributed by atoms with Crippen molar-refractivity contribution in [3.8, 4) is 11.8 Å². The summed E-state index contributed by atoms with van der Waals surface area (Å²) < 4.78 is 30.5. The number of aliphatic hydroxyl groups is 1. The van der Waals surface area contributed by atoms with E-state index in [1.165, 1.54) is 19.1 Å². The van der Waals surface area contributed by atoms with Crippen molar-refractivity contribution in [2.24, 2.45) is 0 Å². The van der Waals surface area contributed by atoms with Gasteiger partial charge in [-0.15, -0.1) is 0 Å². The maximum absolute atomic E-state index is 11.9. The number of anilines is 1. The number of sulfonamides is 1. The van der Waals surface area contributed by atoms with Gasteiger partial charge in [-0.2, -0.15) is 0 Å². The number of methoxy groups -OCH3 is 1. The molecule has 0 aliphatic rings. The molecule has 6 nitrogen and oxygen atoms in total. The van der Waals surface area contributed by atoms with Crippen molar-refractivity contribution in [2.75, 3.05) is 18.4 Å². The van der Waals surface area contributed by atoms with Gasteiger partial charge in [-0.1, -0.05) is 11.8 Å². The van der Waals surface area contributed by atoms with Gasteiger partial charge in [0.05, 0.1) is 7.11 Å². The Morgan fingerprint density at radius 3 is 2.50 bits per heavy atom. The summed E-state index contributed by atoms with van der Waals surface area (Å²) in [6, 6.07) is 6.23. The number of nitrogens with one attached hydrogen (secondary N) is 1. The molecule has 108 valence electrons. The third kappa shape index (κ3) is 4.26. The van der Waals surface area contributed by atoms with Crippen LogP contribution in [0.25, 0.3) is 0 Å². The second-order valence-corrected chi connectivity index (χ2v) is 5.85. The second-order valence-electron chi connectivity index (χ2n) is 3.85. The maximum Gasteiger partial charge on any atom is 0.325 e. The molecule has 0 bridgehead atoms. The van der Waals surface area contributed by atoms with Crippen LogP contribution in [0, 0.1) is 11.8 Å². The maximum atomic E-state index is 11.9. The fraction of sp³-hybridized carbons (Fsp3) is 0.308. The van der Waals surface area contributed by atoms with Crippen LogP contribution in [-0.2, 0) is 19.6 Å². The largest absolute Gasteiger partial charge is 0.468 e.